The molecule has 0 unspecified atom stereocenters. The molecule has 0 heterocycles. The molecule has 4 heteroatoms. The van der Waals surface area contributed by atoms with Crippen LogP contribution in [0.1, 0.15) is 21.5 Å². The van der Waals surface area contributed by atoms with Crippen molar-refractivity contribution < 1.29 is 14.3 Å². The smallest absolute Gasteiger partial charge is 0.251 e. The van der Waals surface area contributed by atoms with Crippen molar-refractivity contribution in [1.82, 2.24) is 5.32 Å². The number of hydrogen-bond donors (Lipinski definition) is 1. The lowest BCUT2D eigenvalue weighted by molar-refractivity contribution is 0.0946. The lowest BCUT2D eigenvalue weighted by Crippen LogP contribution is -2.28. The molecular weight excluding hydrogens is 278 g/mol. The fourth-order valence-electron chi connectivity index (χ4n) is 2.17. The lowest BCUT2D eigenvalue weighted by atomic mass is 10.1. The molecule has 4 nitrogen and oxygen atoms in total. The second-order valence-corrected chi connectivity index (χ2v) is 5.10. The van der Waals surface area contributed by atoms with E-state index >= 15 is 0 Å². The van der Waals surface area contributed by atoms with Gasteiger partial charge in [0.1, 0.15) is 18.1 Å². The van der Waals surface area contributed by atoms with Gasteiger partial charge in [-0.05, 0) is 49.7 Å². The molecule has 2 aromatic carbocycles. The Kier molecular flexibility index (Phi) is 5.42. The van der Waals surface area contributed by atoms with Crippen LogP contribution in [0.2, 0.25) is 0 Å². The molecule has 0 aliphatic heterocycles. The summed E-state index contributed by atoms with van der Waals surface area (Å²) in [4.78, 5) is 12.1. The maximum absolute atomic E-state index is 12.1. The van der Waals surface area contributed by atoms with Gasteiger partial charge in [-0.2, -0.15) is 0 Å². The Morgan fingerprint density at radius 2 is 1.73 bits per heavy atom. The molecule has 0 fully saturated rings. The predicted octanol–water partition coefficient (Wildman–Crippen LogP) is 3.12. The van der Waals surface area contributed by atoms with E-state index in [1.807, 2.05) is 56.3 Å². The average molecular weight is 299 g/mol. The number of aryl methyl sites for hydroxylation is 2. The van der Waals surface area contributed by atoms with Crippen LogP contribution in [-0.2, 0) is 0 Å². The van der Waals surface area contributed by atoms with Gasteiger partial charge in [-0.25, -0.2) is 0 Å². The fraction of sp³-hybridized carbons (Fsp3) is 0.278. The molecule has 0 bridgehead atoms. The van der Waals surface area contributed by atoms with Crippen molar-refractivity contribution in [3.05, 3.63) is 59.2 Å². The van der Waals surface area contributed by atoms with E-state index in [9.17, 15) is 4.79 Å². The summed E-state index contributed by atoms with van der Waals surface area (Å²) in [6.45, 7) is 4.83. The quantitative estimate of drug-likeness (QED) is 0.834. The molecule has 0 aliphatic carbocycles. The number of ether oxygens (including phenoxy) is 2. The van der Waals surface area contributed by atoms with E-state index in [4.69, 9.17) is 9.47 Å². The summed E-state index contributed by atoms with van der Waals surface area (Å²) in [6.07, 6.45) is 0. The third-order valence-electron chi connectivity index (χ3n) is 3.34. The van der Waals surface area contributed by atoms with Crippen molar-refractivity contribution in [2.75, 3.05) is 20.3 Å². The minimum Gasteiger partial charge on any atom is -0.497 e. The van der Waals surface area contributed by atoms with Gasteiger partial charge >= 0.3 is 0 Å². The second kappa shape index (κ2) is 7.50. The van der Waals surface area contributed by atoms with E-state index in [1.54, 1.807) is 7.11 Å². The summed E-state index contributed by atoms with van der Waals surface area (Å²) in [5, 5.41) is 2.86. The van der Waals surface area contributed by atoms with Crippen molar-refractivity contribution >= 4 is 5.91 Å². The van der Waals surface area contributed by atoms with Crippen LogP contribution < -0.4 is 14.8 Å². The third kappa shape index (κ3) is 4.25. The zero-order valence-corrected chi connectivity index (χ0v) is 13.2. The number of carbonyl (C=O) groups excluding carboxylic acids is 1. The highest BCUT2D eigenvalue weighted by molar-refractivity contribution is 5.95. The van der Waals surface area contributed by atoms with E-state index in [-0.39, 0.29) is 5.91 Å². The molecular formula is C18H21NO3. The third-order valence-corrected chi connectivity index (χ3v) is 3.34. The minimum atomic E-state index is -0.0733. The second-order valence-electron chi connectivity index (χ2n) is 5.10. The highest BCUT2D eigenvalue weighted by atomic mass is 16.5. The molecule has 1 N–H and O–H groups in total. The number of rotatable bonds is 6. The van der Waals surface area contributed by atoms with Crippen molar-refractivity contribution in [2.45, 2.75) is 13.8 Å². The fourth-order valence-corrected chi connectivity index (χ4v) is 2.17. The van der Waals surface area contributed by atoms with Gasteiger partial charge in [0.05, 0.1) is 13.7 Å². The largest absolute Gasteiger partial charge is 0.497 e. The summed E-state index contributed by atoms with van der Waals surface area (Å²) in [6, 6.07) is 13.1. The molecule has 1 amide bonds. The summed E-state index contributed by atoms with van der Waals surface area (Å²) in [7, 11) is 1.62. The molecule has 0 radical (unpaired) electrons. The monoisotopic (exact) mass is 299 g/mol. The number of nitrogens with one attached hydrogen (secondary N) is 1. The van der Waals surface area contributed by atoms with Crippen LogP contribution in [0.4, 0.5) is 0 Å². The average Bonchev–Trinajstić information content (AvgIpc) is 2.52. The topological polar surface area (TPSA) is 47.6 Å². The van der Waals surface area contributed by atoms with Gasteiger partial charge in [0, 0.05) is 5.56 Å². The Morgan fingerprint density at radius 3 is 2.36 bits per heavy atom. The number of carbonyl (C=O) groups is 1. The van der Waals surface area contributed by atoms with Gasteiger partial charge in [0.25, 0.3) is 5.91 Å². The minimum absolute atomic E-state index is 0.0733. The molecule has 2 rings (SSSR count). The number of benzene rings is 2. The van der Waals surface area contributed by atoms with Gasteiger partial charge in [-0.3, -0.25) is 4.79 Å². The zero-order chi connectivity index (χ0) is 15.9. The molecule has 0 aromatic heterocycles. The first-order valence-electron chi connectivity index (χ1n) is 7.22. The first-order valence-corrected chi connectivity index (χ1v) is 7.22. The van der Waals surface area contributed by atoms with Crippen molar-refractivity contribution in [1.29, 1.82) is 0 Å². The summed E-state index contributed by atoms with van der Waals surface area (Å²) >= 11 is 0. The standard InChI is InChI=1S/C18H21NO3/c1-13-4-9-17(14(2)12-13)18(20)19-10-11-22-16-7-5-15(21-3)6-8-16/h4-9,12H,10-11H2,1-3H3,(H,19,20). The number of methoxy groups -OCH3 is 1. The summed E-state index contributed by atoms with van der Waals surface area (Å²) in [5.74, 6) is 1.47. The van der Waals surface area contributed by atoms with Gasteiger partial charge in [-0.1, -0.05) is 17.7 Å². The normalized spacial score (nSPS) is 10.1. The first-order chi connectivity index (χ1) is 10.6. The number of amides is 1. The van der Waals surface area contributed by atoms with Crippen LogP contribution in [-0.4, -0.2) is 26.2 Å². The molecule has 0 spiro atoms. The molecule has 2 aromatic rings. The number of hydrogen-bond acceptors (Lipinski definition) is 3. The summed E-state index contributed by atoms with van der Waals surface area (Å²) in [5.41, 5.74) is 2.83. The van der Waals surface area contributed by atoms with E-state index in [0.29, 0.717) is 18.7 Å². The van der Waals surface area contributed by atoms with Crippen molar-refractivity contribution in [3.63, 3.8) is 0 Å². The summed E-state index contributed by atoms with van der Waals surface area (Å²) < 4.78 is 10.7. The molecule has 22 heavy (non-hydrogen) atoms. The van der Waals surface area contributed by atoms with Crippen molar-refractivity contribution in [3.8, 4) is 11.5 Å². The maximum atomic E-state index is 12.1. The Balaban J connectivity index is 1.79. The van der Waals surface area contributed by atoms with Crippen LogP contribution in [0.5, 0.6) is 11.5 Å². The van der Waals surface area contributed by atoms with E-state index in [0.717, 1.165) is 22.6 Å². The Labute approximate surface area is 131 Å². The Bertz CT molecular complexity index is 635. The maximum Gasteiger partial charge on any atom is 0.251 e. The van der Waals surface area contributed by atoms with Crippen molar-refractivity contribution in [2.24, 2.45) is 0 Å². The molecule has 0 aliphatic rings. The van der Waals surface area contributed by atoms with Gasteiger partial charge in [0.2, 0.25) is 0 Å². The lowest BCUT2D eigenvalue weighted by Gasteiger charge is -2.10. The SMILES string of the molecule is COc1ccc(OCCNC(=O)c2ccc(C)cc2C)cc1. The molecule has 0 saturated heterocycles. The van der Waals surface area contributed by atoms with Gasteiger partial charge in [-0.15, -0.1) is 0 Å². The van der Waals surface area contributed by atoms with E-state index in [2.05, 4.69) is 5.32 Å². The predicted molar refractivity (Wildman–Crippen MR) is 86.7 cm³/mol. The van der Waals surface area contributed by atoms with Crippen LogP contribution in [0, 0.1) is 13.8 Å². The first kappa shape index (κ1) is 15.9. The van der Waals surface area contributed by atoms with Gasteiger partial charge < -0.3 is 14.8 Å². The zero-order valence-electron chi connectivity index (χ0n) is 13.2. The molecule has 0 saturated carbocycles. The van der Waals surface area contributed by atoms with E-state index < -0.39 is 0 Å². The van der Waals surface area contributed by atoms with Crippen LogP contribution >= 0.6 is 0 Å². The Hall–Kier alpha value is -2.49. The highest BCUT2D eigenvalue weighted by Crippen LogP contribution is 2.16. The Morgan fingerprint density at radius 1 is 1.05 bits per heavy atom. The highest BCUT2D eigenvalue weighted by Gasteiger charge is 2.08. The van der Waals surface area contributed by atoms with E-state index in [1.165, 1.54) is 0 Å². The van der Waals surface area contributed by atoms with Crippen LogP contribution in [0.25, 0.3) is 0 Å². The van der Waals surface area contributed by atoms with Crippen LogP contribution in [0.3, 0.4) is 0 Å². The molecule has 0 atom stereocenters. The van der Waals surface area contributed by atoms with Gasteiger partial charge in [0.15, 0.2) is 0 Å². The molecule has 116 valence electrons. The van der Waals surface area contributed by atoms with Crippen LogP contribution in [0.15, 0.2) is 42.5 Å².